The number of ether oxygens (including phenoxy) is 1. The van der Waals surface area contributed by atoms with Gasteiger partial charge in [0.15, 0.2) is 0 Å². The molecule has 0 aromatic heterocycles. The molecule has 2 atom stereocenters. The van der Waals surface area contributed by atoms with Crippen LogP contribution in [0.1, 0.15) is 33.6 Å². The molecule has 2 N–H and O–H groups in total. The number of hydrogen-bond donors (Lipinski definition) is 2. The molecular formula is C17H26N2O2. The van der Waals surface area contributed by atoms with E-state index in [2.05, 4.69) is 31.4 Å². The van der Waals surface area contributed by atoms with Crippen molar-refractivity contribution in [1.82, 2.24) is 5.32 Å². The molecule has 0 saturated carbocycles. The molecule has 1 aromatic carbocycles. The Morgan fingerprint density at radius 3 is 2.90 bits per heavy atom. The molecule has 0 radical (unpaired) electrons. The lowest BCUT2D eigenvalue weighted by molar-refractivity contribution is -0.120. The SMILES string of the molecule is CC(C)COc1ccccc1NC(=O)C1CCNC(C)C1. The molecule has 0 spiro atoms. The Bertz CT molecular complexity index is 474. The summed E-state index contributed by atoms with van der Waals surface area (Å²) in [4.78, 5) is 12.4. The number of anilines is 1. The van der Waals surface area contributed by atoms with Crippen molar-refractivity contribution in [1.29, 1.82) is 0 Å². The minimum Gasteiger partial charge on any atom is -0.491 e. The zero-order valence-electron chi connectivity index (χ0n) is 13.2. The quantitative estimate of drug-likeness (QED) is 0.876. The highest BCUT2D eigenvalue weighted by molar-refractivity contribution is 5.94. The minimum absolute atomic E-state index is 0.0828. The second-order valence-corrected chi connectivity index (χ2v) is 6.27. The van der Waals surface area contributed by atoms with Crippen LogP contribution in [0.5, 0.6) is 5.75 Å². The molecule has 1 aliphatic heterocycles. The number of para-hydroxylation sites is 2. The van der Waals surface area contributed by atoms with Gasteiger partial charge in [-0.15, -0.1) is 0 Å². The normalized spacial score (nSPS) is 22.1. The van der Waals surface area contributed by atoms with Crippen LogP contribution in [0, 0.1) is 11.8 Å². The fourth-order valence-electron chi connectivity index (χ4n) is 2.56. The molecule has 2 unspecified atom stereocenters. The van der Waals surface area contributed by atoms with Gasteiger partial charge in [-0.1, -0.05) is 26.0 Å². The summed E-state index contributed by atoms with van der Waals surface area (Å²) in [5, 5.41) is 6.40. The van der Waals surface area contributed by atoms with Crippen LogP contribution in [0.15, 0.2) is 24.3 Å². The number of amides is 1. The number of benzene rings is 1. The van der Waals surface area contributed by atoms with Crippen LogP contribution in [0.4, 0.5) is 5.69 Å². The predicted octanol–water partition coefficient (Wildman–Crippen LogP) is 3.05. The molecule has 4 heteroatoms. The second-order valence-electron chi connectivity index (χ2n) is 6.27. The van der Waals surface area contributed by atoms with Gasteiger partial charge in [0, 0.05) is 12.0 Å². The summed E-state index contributed by atoms with van der Waals surface area (Å²) in [5.74, 6) is 1.39. The summed E-state index contributed by atoms with van der Waals surface area (Å²) in [5.41, 5.74) is 0.773. The highest BCUT2D eigenvalue weighted by atomic mass is 16.5. The van der Waals surface area contributed by atoms with Gasteiger partial charge in [-0.3, -0.25) is 4.79 Å². The van der Waals surface area contributed by atoms with Gasteiger partial charge in [-0.05, 0) is 44.4 Å². The zero-order valence-corrected chi connectivity index (χ0v) is 13.2. The van der Waals surface area contributed by atoms with Crippen LogP contribution in [0.25, 0.3) is 0 Å². The van der Waals surface area contributed by atoms with Gasteiger partial charge in [0.05, 0.1) is 12.3 Å². The van der Waals surface area contributed by atoms with Crippen LogP contribution < -0.4 is 15.4 Å². The highest BCUT2D eigenvalue weighted by Crippen LogP contribution is 2.26. The van der Waals surface area contributed by atoms with E-state index in [4.69, 9.17) is 4.74 Å². The standard InChI is InChI=1S/C17H26N2O2/c1-12(2)11-21-16-7-5-4-6-15(16)19-17(20)14-8-9-18-13(3)10-14/h4-7,12-14,18H,8-11H2,1-3H3,(H,19,20). The van der Waals surface area contributed by atoms with Gasteiger partial charge in [0.25, 0.3) is 0 Å². The molecule has 1 aliphatic rings. The largest absolute Gasteiger partial charge is 0.491 e. The molecule has 4 nitrogen and oxygen atoms in total. The maximum Gasteiger partial charge on any atom is 0.227 e. The van der Waals surface area contributed by atoms with E-state index in [1.54, 1.807) is 0 Å². The van der Waals surface area contributed by atoms with Gasteiger partial charge in [-0.2, -0.15) is 0 Å². The van der Waals surface area contributed by atoms with Gasteiger partial charge in [0.2, 0.25) is 5.91 Å². The number of hydrogen-bond acceptors (Lipinski definition) is 3. The van der Waals surface area contributed by atoms with Crippen molar-refractivity contribution in [2.45, 2.75) is 39.7 Å². The molecule has 1 heterocycles. The van der Waals surface area contributed by atoms with Crippen LogP contribution >= 0.6 is 0 Å². The maximum atomic E-state index is 12.4. The third-order valence-corrected chi connectivity index (χ3v) is 3.71. The number of nitrogens with one attached hydrogen (secondary N) is 2. The van der Waals surface area contributed by atoms with Crippen molar-refractivity contribution in [3.05, 3.63) is 24.3 Å². The highest BCUT2D eigenvalue weighted by Gasteiger charge is 2.25. The summed E-state index contributed by atoms with van der Waals surface area (Å²) in [7, 11) is 0. The van der Waals surface area contributed by atoms with E-state index < -0.39 is 0 Å². The van der Waals surface area contributed by atoms with Gasteiger partial charge >= 0.3 is 0 Å². The molecule has 1 fully saturated rings. The zero-order chi connectivity index (χ0) is 15.2. The van der Waals surface area contributed by atoms with Crippen molar-refractivity contribution in [2.75, 3.05) is 18.5 Å². The lowest BCUT2D eigenvalue weighted by Crippen LogP contribution is -2.40. The van der Waals surface area contributed by atoms with Gasteiger partial charge in [0.1, 0.15) is 5.75 Å². The first-order chi connectivity index (χ1) is 10.1. The fraction of sp³-hybridized carbons (Fsp3) is 0.588. The monoisotopic (exact) mass is 290 g/mol. The molecule has 0 aliphatic carbocycles. The first-order valence-corrected chi connectivity index (χ1v) is 7.82. The van der Waals surface area contributed by atoms with Crippen LogP contribution in [-0.2, 0) is 4.79 Å². The Hall–Kier alpha value is -1.55. The molecular weight excluding hydrogens is 264 g/mol. The third kappa shape index (κ3) is 4.74. The van der Waals surface area contributed by atoms with Crippen LogP contribution in [-0.4, -0.2) is 25.1 Å². The Kier molecular flexibility index (Phi) is 5.62. The smallest absolute Gasteiger partial charge is 0.227 e. The first-order valence-electron chi connectivity index (χ1n) is 7.82. The number of piperidine rings is 1. The lowest BCUT2D eigenvalue weighted by atomic mass is 9.92. The number of carbonyl (C=O) groups is 1. The van der Waals surface area contributed by atoms with Crippen molar-refractivity contribution in [3.8, 4) is 5.75 Å². The van der Waals surface area contributed by atoms with E-state index in [0.29, 0.717) is 18.6 Å². The Morgan fingerprint density at radius 1 is 1.43 bits per heavy atom. The third-order valence-electron chi connectivity index (χ3n) is 3.71. The first kappa shape index (κ1) is 15.8. The van der Waals surface area contributed by atoms with E-state index in [9.17, 15) is 4.79 Å². The van der Waals surface area contributed by atoms with Crippen molar-refractivity contribution in [3.63, 3.8) is 0 Å². The van der Waals surface area contributed by atoms with Crippen molar-refractivity contribution < 1.29 is 9.53 Å². The minimum atomic E-state index is 0.0828. The predicted molar refractivity (Wildman–Crippen MR) is 85.6 cm³/mol. The molecule has 2 rings (SSSR count). The van der Waals surface area contributed by atoms with E-state index in [0.717, 1.165) is 30.8 Å². The van der Waals surface area contributed by atoms with E-state index in [1.165, 1.54) is 0 Å². The molecule has 21 heavy (non-hydrogen) atoms. The Labute approximate surface area is 127 Å². The van der Waals surface area contributed by atoms with Crippen molar-refractivity contribution >= 4 is 11.6 Å². The molecule has 116 valence electrons. The average molecular weight is 290 g/mol. The molecule has 1 amide bonds. The maximum absolute atomic E-state index is 12.4. The lowest BCUT2D eigenvalue weighted by Gasteiger charge is -2.27. The van der Waals surface area contributed by atoms with Crippen molar-refractivity contribution in [2.24, 2.45) is 11.8 Å². The second kappa shape index (κ2) is 7.46. The van der Waals surface area contributed by atoms with Crippen LogP contribution in [0.3, 0.4) is 0 Å². The van der Waals surface area contributed by atoms with E-state index in [-0.39, 0.29) is 11.8 Å². The summed E-state index contributed by atoms with van der Waals surface area (Å²) in [6.07, 6.45) is 1.78. The Morgan fingerprint density at radius 2 is 2.19 bits per heavy atom. The number of carbonyl (C=O) groups excluding carboxylic acids is 1. The van der Waals surface area contributed by atoms with E-state index in [1.807, 2.05) is 24.3 Å². The topological polar surface area (TPSA) is 50.4 Å². The molecule has 1 aromatic rings. The van der Waals surface area contributed by atoms with E-state index >= 15 is 0 Å². The summed E-state index contributed by atoms with van der Waals surface area (Å²) < 4.78 is 5.78. The fourth-order valence-corrected chi connectivity index (χ4v) is 2.56. The Balaban J connectivity index is 1.99. The molecule has 1 saturated heterocycles. The van der Waals surface area contributed by atoms with Gasteiger partial charge < -0.3 is 15.4 Å². The van der Waals surface area contributed by atoms with Crippen LogP contribution in [0.2, 0.25) is 0 Å². The summed E-state index contributed by atoms with van der Waals surface area (Å²) >= 11 is 0. The van der Waals surface area contributed by atoms with Gasteiger partial charge in [-0.25, -0.2) is 0 Å². The average Bonchev–Trinajstić information content (AvgIpc) is 2.46. The molecule has 0 bridgehead atoms. The summed E-state index contributed by atoms with van der Waals surface area (Å²) in [6, 6.07) is 8.06. The number of rotatable bonds is 5. The summed E-state index contributed by atoms with van der Waals surface area (Å²) in [6.45, 7) is 7.90.